The zero-order valence-corrected chi connectivity index (χ0v) is 82.5. The molecule has 704 valence electrons. The maximum atomic E-state index is 7.68. The lowest BCUT2D eigenvalue weighted by atomic mass is 9.63. The summed E-state index contributed by atoms with van der Waals surface area (Å²) < 4.78 is 116. The quantitative estimate of drug-likeness (QED) is 0.0343. The van der Waals surface area contributed by atoms with Gasteiger partial charge in [0.15, 0.2) is 0 Å². The van der Waals surface area contributed by atoms with Gasteiger partial charge in [-0.1, -0.05) is 265 Å². The van der Waals surface area contributed by atoms with E-state index in [2.05, 4.69) is 196 Å². The van der Waals surface area contributed by atoms with Crippen LogP contribution in [-0.2, 0) is 54.8 Å². The summed E-state index contributed by atoms with van der Waals surface area (Å²) in [5.41, 5.74) is 14.2. The van der Waals surface area contributed by atoms with E-state index in [-0.39, 0.29) is 54.3 Å². The zero-order chi connectivity index (χ0) is 91.2. The third kappa shape index (κ3) is 16.2. The summed E-state index contributed by atoms with van der Waals surface area (Å²) in [7, 11) is 0. The molecule has 16 bridgehead atoms. The topological polar surface area (TPSA) is 148 Å². The molecule has 0 saturated heterocycles. The van der Waals surface area contributed by atoms with E-state index in [0.717, 1.165) is 398 Å². The van der Waals surface area contributed by atoms with Gasteiger partial charge in [-0.2, -0.15) is 11.8 Å². The van der Waals surface area contributed by atoms with E-state index in [0.29, 0.717) is 11.5 Å². The average Bonchev–Trinajstić information content (AvgIpc) is 0.703. The van der Waals surface area contributed by atoms with Crippen molar-refractivity contribution in [3.8, 4) is 92.0 Å². The average molecular weight is 1800 g/mol. The van der Waals surface area contributed by atoms with Crippen LogP contribution in [-0.4, -0.2) is 54.3 Å². The molecule has 0 radical (unpaired) electrons. The van der Waals surface area contributed by atoms with Crippen molar-refractivity contribution in [1.82, 2.24) is 0 Å². The minimum atomic E-state index is -0.742. The van der Waals surface area contributed by atoms with Crippen LogP contribution in [0.15, 0.2) is 84.9 Å². The molecule has 8 atom stereocenters. The van der Waals surface area contributed by atoms with Crippen LogP contribution in [0.25, 0.3) is 0 Å². The molecule has 0 N–H and O–H groups in total. The minimum Gasteiger partial charge on any atom is -0.457 e. The first kappa shape index (κ1) is 92.4. The predicted octanol–water partition coefficient (Wildman–Crippen LogP) is 29.7. The third-order valence-corrected chi connectivity index (χ3v) is 33.8. The molecule has 0 amide bonds. The van der Waals surface area contributed by atoms with Crippen LogP contribution in [0.1, 0.15) is 416 Å². The van der Waals surface area contributed by atoms with Crippen molar-refractivity contribution in [3.05, 3.63) is 185 Å². The standard InChI is InChI=1S/C114H146O16S/c1-17-25-33-41-107(9)75-49-76-92-57-91(75)115-65-119-95-59-99-83(51-79(95)107)111(13,45-37-29-21-5)87-55-88-104(128-70-124-100-60-96(120-66-116-92)80(108(76,10)42-34-26-18-2)52-84(100)112(88,14)46-38-30-22-6)73(103(87)127-69-123-99)63-131-64-74-105-89-56-90-106(74)130-72-126-102-62-98-82(54-86(102)114(90,16)48-40-32-24-8)110(12,44-36-28-20-4)78-50-77-93(58-94(78)118-68-122-98)117-67-121-97-61-101(125-71-129-105)85(113(89,15)47-39-31-23-7)53-81(97)109(77,11)43-35-27-19-3/h49-62H,17-48,63-72H2,1-16H3. The maximum absolute atomic E-state index is 7.68. The highest BCUT2D eigenvalue weighted by Crippen LogP contribution is 2.65. The summed E-state index contributed by atoms with van der Waals surface area (Å²) >= 11 is 1.84. The van der Waals surface area contributed by atoms with E-state index in [1.54, 1.807) is 0 Å². The Morgan fingerprint density at radius 1 is 0.176 bits per heavy atom. The second-order valence-corrected chi connectivity index (χ2v) is 42.3. The highest BCUT2D eigenvalue weighted by atomic mass is 32.2. The SMILES string of the molecule is CCCCCC1(C)c2cc3c4cc2OCOc2cc5c(cc21)C(C)(CCCCC)c1cc2c(c(CSCc6c7c8cc9c6OCOc6cc%10c(cc6C9(C)CCCCC)C(C)(CCCCC)c6cc9c(cc6OCO%10)OCOc6cc(c(cc6C9(C)CCCCC)C8(C)CCCCC)OCO7)c1OCO5)OCOc1cc(c(cc1C2(C)CCCCC)C3(C)CCCCC)OCO4. The molecule has 8 unspecified atom stereocenters. The van der Waals surface area contributed by atoms with Gasteiger partial charge in [-0.05, 0) is 99.9 Å². The van der Waals surface area contributed by atoms with Gasteiger partial charge in [0.2, 0.25) is 54.3 Å². The minimum absolute atomic E-state index is 0.0120. The van der Waals surface area contributed by atoms with E-state index >= 15 is 0 Å². The van der Waals surface area contributed by atoms with E-state index < -0.39 is 43.3 Å². The third-order valence-electron chi connectivity index (χ3n) is 32.8. The van der Waals surface area contributed by atoms with Crippen LogP contribution in [0.3, 0.4) is 0 Å². The lowest BCUT2D eigenvalue weighted by Gasteiger charge is -2.44. The van der Waals surface area contributed by atoms with Gasteiger partial charge in [0.1, 0.15) is 92.0 Å². The van der Waals surface area contributed by atoms with Crippen LogP contribution < -0.4 is 75.8 Å². The van der Waals surface area contributed by atoms with Crippen LogP contribution in [0.5, 0.6) is 92.0 Å². The van der Waals surface area contributed by atoms with Crippen LogP contribution in [0.2, 0.25) is 0 Å². The van der Waals surface area contributed by atoms with Crippen LogP contribution >= 0.6 is 11.8 Å². The molecular weight excluding hydrogens is 1660 g/mol. The van der Waals surface area contributed by atoms with E-state index in [1.807, 2.05) is 11.8 Å². The van der Waals surface area contributed by atoms with Crippen LogP contribution in [0.4, 0.5) is 0 Å². The van der Waals surface area contributed by atoms with Gasteiger partial charge < -0.3 is 75.8 Å². The Morgan fingerprint density at radius 3 is 0.450 bits per heavy atom. The molecule has 8 heterocycles. The Balaban J connectivity index is 0.917. The Labute approximate surface area is 785 Å². The second kappa shape index (κ2) is 38.0. The second-order valence-electron chi connectivity index (χ2n) is 41.3. The fourth-order valence-corrected chi connectivity index (χ4v) is 25.6. The van der Waals surface area contributed by atoms with Crippen molar-refractivity contribution in [3.63, 3.8) is 0 Å². The van der Waals surface area contributed by atoms with E-state index in [4.69, 9.17) is 75.8 Å². The number of thioether (sulfide) groups is 1. The predicted molar refractivity (Wildman–Crippen MR) is 520 cm³/mol. The Morgan fingerprint density at radius 2 is 0.305 bits per heavy atom. The van der Waals surface area contributed by atoms with Crippen molar-refractivity contribution in [2.24, 2.45) is 0 Å². The van der Waals surface area contributed by atoms with Gasteiger partial charge in [-0.15, -0.1) is 0 Å². The fraction of sp³-hybridized carbons (Fsp3) is 0.579. The monoisotopic (exact) mass is 1800 g/mol. The molecule has 8 aliphatic heterocycles. The van der Waals surface area contributed by atoms with Crippen LogP contribution in [0, 0.1) is 0 Å². The van der Waals surface area contributed by atoms with Crippen molar-refractivity contribution >= 4 is 11.8 Å². The Kier molecular flexibility index (Phi) is 26.8. The summed E-state index contributed by atoms with van der Waals surface area (Å²) in [6.07, 6.45) is 31.1. The molecule has 8 aromatic carbocycles. The number of unbranched alkanes of at least 4 members (excludes halogenated alkanes) is 16. The van der Waals surface area contributed by atoms with Crippen molar-refractivity contribution in [1.29, 1.82) is 0 Å². The number of rotatable bonds is 36. The molecule has 0 saturated carbocycles. The molecule has 0 aromatic heterocycles. The lowest BCUT2D eigenvalue weighted by Crippen LogP contribution is -2.36. The number of ether oxygens (including phenoxy) is 16. The van der Waals surface area contributed by atoms with Crippen molar-refractivity contribution in [2.75, 3.05) is 54.3 Å². The Hall–Kier alpha value is -9.09. The normalized spacial score (nSPS) is 24.2. The molecule has 2 aliphatic carbocycles. The summed E-state index contributed by atoms with van der Waals surface area (Å²) in [5.74, 6) is 12.9. The first-order valence-electron chi connectivity index (χ1n) is 50.7. The van der Waals surface area contributed by atoms with Crippen molar-refractivity contribution in [2.45, 2.75) is 371 Å². The summed E-state index contributed by atoms with van der Waals surface area (Å²) in [6, 6.07) is 33.2. The van der Waals surface area contributed by atoms with Gasteiger partial charge in [0.05, 0.1) is 0 Å². The highest BCUT2D eigenvalue weighted by molar-refractivity contribution is 7.97. The molecule has 17 heteroatoms. The zero-order valence-electron chi connectivity index (χ0n) is 81.7. The number of hydrogen-bond acceptors (Lipinski definition) is 17. The van der Waals surface area contributed by atoms with Gasteiger partial charge in [-0.25, -0.2) is 0 Å². The van der Waals surface area contributed by atoms with Gasteiger partial charge in [0.25, 0.3) is 0 Å². The van der Waals surface area contributed by atoms with Gasteiger partial charge >= 0.3 is 0 Å². The molecule has 131 heavy (non-hydrogen) atoms. The first-order valence-corrected chi connectivity index (χ1v) is 51.9. The molecule has 10 aliphatic rings. The van der Waals surface area contributed by atoms with E-state index in [9.17, 15) is 0 Å². The largest absolute Gasteiger partial charge is 0.457 e. The number of benzene rings is 8. The molecule has 0 fully saturated rings. The molecule has 16 nitrogen and oxygen atoms in total. The summed E-state index contributed by atoms with van der Waals surface area (Å²) in [5, 5.41) is 0. The summed E-state index contributed by atoms with van der Waals surface area (Å²) in [6.45, 7) is 37.8. The van der Waals surface area contributed by atoms with Gasteiger partial charge in [0, 0.05) is 191 Å². The smallest absolute Gasteiger partial charge is 0.230 e. The lowest BCUT2D eigenvalue weighted by molar-refractivity contribution is 0.0925. The first-order chi connectivity index (χ1) is 63.6. The van der Waals surface area contributed by atoms with E-state index in [1.165, 1.54) is 0 Å². The molecule has 18 rings (SSSR count). The number of hydrogen-bond donors (Lipinski definition) is 0. The maximum Gasteiger partial charge on any atom is 0.230 e. The molecular formula is C114H146O16S. The summed E-state index contributed by atoms with van der Waals surface area (Å²) in [4.78, 5) is 0. The Bertz CT molecular complexity index is 4890. The van der Waals surface area contributed by atoms with Gasteiger partial charge in [-0.3, -0.25) is 0 Å². The highest BCUT2D eigenvalue weighted by Gasteiger charge is 2.53. The molecule has 8 aromatic rings. The molecule has 0 spiro atoms. The van der Waals surface area contributed by atoms with Crippen molar-refractivity contribution < 1.29 is 75.8 Å². The fourth-order valence-electron chi connectivity index (χ4n) is 24.6.